The number of aromatic amines is 1. The van der Waals surface area contributed by atoms with E-state index in [-0.39, 0.29) is 0 Å². The number of aromatic nitrogens is 2. The summed E-state index contributed by atoms with van der Waals surface area (Å²) in [5, 5.41) is 9.72. The van der Waals surface area contributed by atoms with E-state index in [2.05, 4.69) is 4.52 Å². The Balaban J connectivity index is 2.37. The quantitative estimate of drug-likeness (QED) is 0.344. The molecule has 1 aromatic rings. The number of hydrogen-bond donors (Lipinski definition) is 5. The normalized spacial score (nSPS) is 27.3. The molecule has 1 saturated heterocycles. The Morgan fingerprint density at radius 1 is 1.50 bits per heavy atom. The van der Waals surface area contributed by atoms with E-state index in [4.69, 9.17) is 20.3 Å². The molecule has 6 N–H and O–H groups in total. The number of carbonyl (C=O) groups is 1. The number of alkyl halides is 1. The monoisotopic (exact) mass is 369 g/mol. The number of carbonyl (C=O) groups excluding carboxylic acids is 1. The fourth-order valence-corrected chi connectivity index (χ4v) is 2.51. The largest absolute Gasteiger partial charge is 0.469 e. The van der Waals surface area contributed by atoms with Crippen molar-refractivity contribution in [3.8, 4) is 0 Å². The number of amides is 1. The topological polar surface area (TPSA) is 194 Å². The molecule has 0 bridgehead atoms. The zero-order valence-electron chi connectivity index (χ0n) is 11.7. The molecule has 0 aliphatic carbocycles. The van der Waals surface area contributed by atoms with Crippen LogP contribution in [0.1, 0.15) is 16.7 Å². The van der Waals surface area contributed by atoms with Crippen LogP contribution in [0.5, 0.6) is 0 Å². The van der Waals surface area contributed by atoms with E-state index in [1.807, 2.05) is 0 Å². The number of aliphatic hydroxyl groups excluding tert-OH is 1. The Hall–Kier alpha value is -1.89. The third-order valence-electron chi connectivity index (χ3n) is 3.18. The number of aliphatic hydroxyl groups is 1. The average Bonchev–Trinajstić information content (AvgIpc) is 2.71. The van der Waals surface area contributed by atoms with Crippen molar-refractivity contribution in [2.24, 2.45) is 5.73 Å². The summed E-state index contributed by atoms with van der Waals surface area (Å²) in [5.74, 6) is -1.22. The second-order valence-corrected chi connectivity index (χ2v) is 6.08. The molecule has 0 unspecified atom stereocenters. The van der Waals surface area contributed by atoms with Crippen LogP contribution in [-0.2, 0) is 13.8 Å². The van der Waals surface area contributed by atoms with Crippen molar-refractivity contribution in [1.29, 1.82) is 0 Å². The first-order valence-electron chi connectivity index (χ1n) is 6.34. The molecule has 0 aromatic carbocycles. The van der Waals surface area contributed by atoms with Gasteiger partial charge >= 0.3 is 13.5 Å². The van der Waals surface area contributed by atoms with Crippen LogP contribution in [0.4, 0.5) is 4.39 Å². The number of rotatable bonds is 5. The maximum absolute atomic E-state index is 14.2. The summed E-state index contributed by atoms with van der Waals surface area (Å²) in [6.45, 7) is -0.883. The number of ether oxygens (including phenoxy) is 1. The number of phosphoric acid groups is 1. The molecule has 12 nitrogen and oxygen atoms in total. The molecule has 0 radical (unpaired) electrons. The Bertz CT molecular complexity index is 801. The minimum Gasteiger partial charge on any atom is -0.387 e. The number of phosphoric ester groups is 1. The number of nitrogens with one attached hydrogen (secondary N) is 1. The highest BCUT2D eigenvalue weighted by Crippen LogP contribution is 2.38. The van der Waals surface area contributed by atoms with Crippen molar-refractivity contribution < 1.29 is 37.9 Å². The molecular weight excluding hydrogens is 356 g/mol. The highest BCUT2D eigenvalue weighted by Gasteiger charge is 2.47. The first-order chi connectivity index (χ1) is 11.0. The number of H-pyrrole nitrogens is 1. The lowest BCUT2D eigenvalue weighted by Crippen LogP contribution is -2.40. The number of primary amides is 1. The van der Waals surface area contributed by atoms with Gasteiger partial charge in [-0.25, -0.2) is 13.8 Å². The maximum Gasteiger partial charge on any atom is 0.469 e. The van der Waals surface area contributed by atoms with Gasteiger partial charge in [0.05, 0.1) is 6.61 Å². The summed E-state index contributed by atoms with van der Waals surface area (Å²) in [7, 11) is -4.90. The first-order valence-corrected chi connectivity index (χ1v) is 7.87. The summed E-state index contributed by atoms with van der Waals surface area (Å²) in [5.41, 5.74) is 2.19. The van der Waals surface area contributed by atoms with E-state index in [0.29, 0.717) is 10.6 Å². The summed E-state index contributed by atoms with van der Waals surface area (Å²) in [6, 6.07) is 0.645. The molecule has 1 fully saturated rings. The number of nitrogens with two attached hydrogens (primary N) is 1. The lowest BCUT2D eigenvalue weighted by Gasteiger charge is -2.18. The summed E-state index contributed by atoms with van der Waals surface area (Å²) in [4.78, 5) is 53.4. The lowest BCUT2D eigenvalue weighted by molar-refractivity contribution is -0.0489. The van der Waals surface area contributed by atoms with Gasteiger partial charge in [0.2, 0.25) is 0 Å². The van der Waals surface area contributed by atoms with E-state index in [1.54, 1.807) is 4.98 Å². The highest BCUT2D eigenvalue weighted by molar-refractivity contribution is 7.46. The Kier molecular flexibility index (Phi) is 5.03. The van der Waals surface area contributed by atoms with Crippen molar-refractivity contribution in [2.75, 3.05) is 6.61 Å². The molecule has 134 valence electrons. The van der Waals surface area contributed by atoms with Crippen molar-refractivity contribution in [1.82, 2.24) is 9.55 Å². The van der Waals surface area contributed by atoms with Crippen molar-refractivity contribution >= 4 is 13.7 Å². The van der Waals surface area contributed by atoms with Crippen LogP contribution in [0.2, 0.25) is 0 Å². The molecule has 0 spiro atoms. The SMILES string of the molecule is NC(=O)c1cc(=O)[nH]c(=O)n1[C@@H]1O[C@H](COP(=O)(O)O)[C@@H](O)[C@H]1F. The standard InChI is InChI=1S/C10H13FN3O9P/c11-6-7(16)4(2-22-24(19,20)21)23-9(6)14-3(8(12)17)1-5(15)13-10(14)18/h1,4,6-7,9,16H,2H2,(H2,12,17)(H,13,15,18)(H2,19,20,21)/t4-,6-,7-,9-/m1/s1. The molecule has 14 heteroatoms. The van der Waals surface area contributed by atoms with Crippen LogP contribution >= 0.6 is 7.82 Å². The average molecular weight is 369 g/mol. The minimum absolute atomic E-state index is 0.398. The first kappa shape index (κ1) is 18.4. The molecule has 1 aromatic heterocycles. The molecule has 1 aliphatic rings. The minimum atomic E-state index is -4.90. The van der Waals surface area contributed by atoms with Crippen LogP contribution in [0.3, 0.4) is 0 Å². The second kappa shape index (κ2) is 6.55. The summed E-state index contributed by atoms with van der Waals surface area (Å²) >= 11 is 0. The Morgan fingerprint density at radius 3 is 2.67 bits per heavy atom. The van der Waals surface area contributed by atoms with Crippen molar-refractivity contribution in [3.63, 3.8) is 0 Å². The van der Waals surface area contributed by atoms with Gasteiger partial charge in [-0.1, -0.05) is 0 Å². The number of hydrogen-bond acceptors (Lipinski definition) is 7. The third-order valence-corrected chi connectivity index (χ3v) is 3.67. The van der Waals surface area contributed by atoms with Crippen molar-refractivity contribution in [2.45, 2.75) is 24.6 Å². The van der Waals surface area contributed by atoms with Gasteiger partial charge < -0.3 is 25.4 Å². The van der Waals surface area contributed by atoms with Crippen molar-refractivity contribution in [3.05, 3.63) is 32.6 Å². The molecule has 2 heterocycles. The molecule has 4 atom stereocenters. The number of halogens is 1. The van der Waals surface area contributed by atoms with Gasteiger partial charge in [-0.15, -0.1) is 0 Å². The molecule has 1 amide bonds. The third kappa shape index (κ3) is 3.77. The summed E-state index contributed by atoms with van der Waals surface area (Å²) in [6.07, 6.45) is -7.59. The highest BCUT2D eigenvalue weighted by atomic mass is 31.2. The van der Waals surface area contributed by atoms with Crippen LogP contribution in [0.15, 0.2) is 15.7 Å². The molecular formula is C10H13FN3O9P. The van der Waals surface area contributed by atoms with Crippen LogP contribution in [0, 0.1) is 0 Å². The molecule has 0 saturated carbocycles. The van der Waals surface area contributed by atoms with Crippen LogP contribution in [-0.4, -0.2) is 55.3 Å². The summed E-state index contributed by atoms with van der Waals surface area (Å²) < 4.78 is 34.4. The van der Waals surface area contributed by atoms with Gasteiger partial charge in [-0.3, -0.25) is 23.7 Å². The van der Waals surface area contributed by atoms with Crippen LogP contribution in [0.25, 0.3) is 0 Å². The zero-order chi connectivity index (χ0) is 18.2. The fraction of sp³-hybridized carbons (Fsp3) is 0.500. The van der Waals surface area contributed by atoms with Gasteiger partial charge in [0.15, 0.2) is 12.4 Å². The van der Waals surface area contributed by atoms with E-state index >= 15 is 0 Å². The van der Waals surface area contributed by atoms with E-state index < -0.39 is 61.9 Å². The van der Waals surface area contributed by atoms with E-state index in [9.17, 15) is 28.4 Å². The van der Waals surface area contributed by atoms with Gasteiger partial charge in [0.25, 0.3) is 11.5 Å². The second-order valence-electron chi connectivity index (χ2n) is 4.84. The van der Waals surface area contributed by atoms with E-state index in [0.717, 1.165) is 0 Å². The maximum atomic E-state index is 14.2. The van der Waals surface area contributed by atoms with E-state index in [1.165, 1.54) is 0 Å². The molecule has 2 rings (SSSR count). The van der Waals surface area contributed by atoms with Gasteiger partial charge in [0, 0.05) is 6.07 Å². The van der Waals surface area contributed by atoms with Gasteiger partial charge in [-0.05, 0) is 0 Å². The zero-order valence-corrected chi connectivity index (χ0v) is 12.6. The number of nitrogens with zero attached hydrogens (tertiary/aromatic N) is 1. The Morgan fingerprint density at radius 2 is 2.12 bits per heavy atom. The smallest absolute Gasteiger partial charge is 0.387 e. The van der Waals surface area contributed by atoms with Gasteiger partial charge in [-0.2, -0.15) is 0 Å². The predicted octanol–water partition coefficient (Wildman–Crippen LogP) is -2.66. The van der Waals surface area contributed by atoms with Crippen LogP contribution < -0.4 is 17.0 Å². The fourth-order valence-electron chi connectivity index (χ4n) is 2.17. The lowest BCUT2D eigenvalue weighted by atomic mass is 10.1. The molecule has 1 aliphatic heterocycles. The van der Waals surface area contributed by atoms with Gasteiger partial charge in [0.1, 0.15) is 17.9 Å². The predicted molar refractivity (Wildman–Crippen MR) is 72.6 cm³/mol. The molecule has 24 heavy (non-hydrogen) atoms. The Labute approximate surface area is 131 Å².